The van der Waals surface area contributed by atoms with Gasteiger partial charge in [0.1, 0.15) is 5.78 Å². The van der Waals surface area contributed by atoms with E-state index in [-0.39, 0.29) is 40.6 Å². The number of carbonyl (C=O) groups is 1. The molecule has 0 spiro atoms. The molecule has 5 rings (SSSR count). The first-order valence-corrected chi connectivity index (χ1v) is 9.86. The Morgan fingerprint density at radius 3 is 1.66 bits per heavy atom. The van der Waals surface area contributed by atoms with Crippen LogP contribution in [0.25, 0.3) is 0 Å². The van der Waals surface area contributed by atoms with E-state index in [2.05, 4.69) is 12.1 Å². The minimum absolute atomic E-state index is 0. The van der Waals surface area contributed by atoms with Gasteiger partial charge in [-0.3, -0.25) is 4.79 Å². The number of rotatable bonds is 4. The van der Waals surface area contributed by atoms with Gasteiger partial charge in [-0.15, -0.1) is 0 Å². The number of hydrogen-bond donors (Lipinski definition) is 0. The van der Waals surface area contributed by atoms with Crippen LogP contribution in [-0.4, -0.2) is 5.78 Å². The van der Waals surface area contributed by atoms with E-state index in [1.54, 1.807) is 0 Å². The molecule has 0 aromatic heterocycles. The maximum Gasteiger partial charge on any atom is 2.00 e. The zero-order valence-corrected chi connectivity index (χ0v) is 17.6. The first-order chi connectivity index (χ1) is 13.8. The largest absolute Gasteiger partial charge is 2.00 e. The van der Waals surface area contributed by atoms with Crippen LogP contribution in [-0.2, 0) is 21.9 Å². The van der Waals surface area contributed by atoms with E-state index in [9.17, 15) is 4.79 Å². The predicted octanol–water partition coefficient (Wildman–Crippen LogP) is 5.83. The maximum absolute atomic E-state index is 12.9. The van der Waals surface area contributed by atoms with Gasteiger partial charge in [-0.1, -0.05) is 54.1 Å². The molecule has 0 bridgehead atoms. The zero-order valence-electron chi connectivity index (χ0n) is 15.8. The molecule has 3 atom stereocenters. The van der Waals surface area contributed by atoms with Gasteiger partial charge in [0.25, 0.3) is 0 Å². The average molecular weight is 441 g/mol. The van der Waals surface area contributed by atoms with Crippen molar-refractivity contribution in [1.29, 1.82) is 0 Å². The summed E-state index contributed by atoms with van der Waals surface area (Å²) in [5.74, 6) is 1.55. The van der Waals surface area contributed by atoms with Crippen molar-refractivity contribution in [2.75, 3.05) is 0 Å². The molecule has 0 amide bonds. The molecule has 3 aliphatic carbocycles. The van der Waals surface area contributed by atoms with Crippen molar-refractivity contribution in [2.24, 2.45) is 5.92 Å². The molecule has 0 heterocycles. The number of halogens is 1. The van der Waals surface area contributed by atoms with Crippen molar-refractivity contribution < 1.29 is 21.9 Å². The molecule has 1 nitrogen and oxygen atoms in total. The minimum Gasteiger partial charge on any atom is -0.299 e. The molecule has 144 valence electrons. The van der Waals surface area contributed by atoms with Gasteiger partial charge >= 0.3 is 17.1 Å². The molecule has 3 fully saturated rings. The Kier molecular flexibility index (Phi) is 8.42. The second-order valence-corrected chi connectivity index (χ2v) is 7.48. The van der Waals surface area contributed by atoms with E-state index in [1.807, 2.05) is 100 Å². The number of hydrogen-bond acceptors (Lipinski definition) is 1. The summed E-state index contributed by atoms with van der Waals surface area (Å²) in [6, 6.07) is 18.2. The summed E-state index contributed by atoms with van der Waals surface area (Å²) in [4.78, 5) is 12.9. The summed E-state index contributed by atoms with van der Waals surface area (Å²) in [6.07, 6.45) is 17.7. The summed E-state index contributed by atoms with van der Waals surface area (Å²) < 4.78 is 0. The summed E-state index contributed by atoms with van der Waals surface area (Å²) in [6.45, 7) is 0. The zero-order chi connectivity index (χ0) is 19.3. The van der Waals surface area contributed by atoms with Crippen molar-refractivity contribution in [3.8, 4) is 0 Å². The van der Waals surface area contributed by atoms with Crippen LogP contribution in [0.15, 0.2) is 54.6 Å². The molecule has 0 aliphatic heterocycles. The summed E-state index contributed by atoms with van der Waals surface area (Å²) in [5.41, 5.74) is 2.42. The van der Waals surface area contributed by atoms with Gasteiger partial charge in [0.15, 0.2) is 0 Å². The van der Waals surface area contributed by atoms with Crippen LogP contribution < -0.4 is 0 Å². The van der Waals surface area contributed by atoms with Gasteiger partial charge in [-0.2, -0.15) is 0 Å². The van der Waals surface area contributed by atoms with Crippen molar-refractivity contribution >= 4 is 17.4 Å². The Bertz CT molecular complexity index is 755. The van der Waals surface area contributed by atoms with Gasteiger partial charge in [-0.25, -0.2) is 0 Å². The van der Waals surface area contributed by atoms with Crippen LogP contribution in [0.2, 0.25) is 5.02 Å². The van der Waals surface area contributed by atoms with Crippen LogP contribution in [0.5, 0.6) is 0 Å². The second-order valence-electron chi connectivity index (χ2n) is 7.04. The van der Waals surface area contributed by atoms with Crippen molar-refractivity contribution in [2.45, 2.75) is 11.8 Å². The van der Waals surface area contributed by atoms with Crippen LogP contribution in [0, 0.1) is 69.6 Å². The molecule has 29 heavy (non-hydrogen) atoms. The quantitative estimate of drug-likeness (QED) is 0.547. The Balaban J connectivity index is 0.000000352. The normalized spacial score (nSPS) is 25.6. The predicted molar refractivity (Wildman–Crippen MR) is 114 cm³/mol. The van der Waals surface area contributed by atoms with Gasteiger partial charge < -0.3 is 0 Å². The molecule has 2 aromatic carbocycles. The van der Waals surface area contributed by atoms with Crippen molar-refractivity contribution in [3.63, 3.8) is 0 Å². The van der Waals surface area contributed by atoms with Crippen LogP contribution in [0.1, 0.15) is 23.0 Å². The molecule has 2 aromatic rings. The summed E-state index contributed by atoms with van der Waals surface area (Å²) in [7, 11) is 0. The number of benzene rings is 2. The SMILES string of the molecule is O=C([C]1[CH][CH][CH][CH]1)C1C(c2ccccc2)C1c1ccc(Cl)cc1.[CH]1[CH][CH][CH][CH]1.[Fe+2]. The average Bonchev–Trinajstić information content (AvgIpc) is 3.17. The third-order valence-electron chi connectivity index (χ3n) is 5.26. The Labute approximate surface area is 191 Å². The molecule has 0 saturated heterocycles. The molecule has 3 saturated carbocycles. The van der Waals surface area contributed by atoms with E-state index in [0.29, 0.717) is 0 Å². The number of ketones is 1. The Morgan fingerprint density at radius 1 is 0.655 bits per heavy atom. The molecule has 3 unspecified atom stereocenters. The monoisotopic (exact) mass is 440 g/mol. The first kappa shape index (κ1) is 22.6. The van der Waals surface area contributed by atoms with Gasteiger partial charge in [-0.05, 0) is 81.0 Å². The van der Waals surface area contributed by atoms with Crippen LogP contribution >= 0.6 is 11.6 Å². The van der Waals surface area contributed by atoms with E-state index >= 15 is 0 Å². The Morgan fingerprint density at radius 2 is 1.14 bits per heavy atom. The molecule has 3 heteroatoms. The molecule has 3 aliphatic rings. The molecular weight excluding hydrogens is 420 g/mol. The maximum atomic E-state index is 12.9. The third kappa shape index (κ3) is 5.54. The number of carbonyl (C=O) groups excluding carboxylic acids is 1. The molecule has 10 radical (unpaired) electrons. The van der Waals surface area contributed by atoms with Gasteiger partial charge in [0, 0.05) is 28.7 Å². The van der Waals surface area contributed by atoms with Gasteiger partial charge in [0.2, 0.25) is 0 Å². The second kappa shape index (κ2) is 10.8. The van der Waals surface area contributed by atoms with E-state index < -0.39 is 0 Å². The fourth-order valence-electron chi connectivity index (χ4n) is 3.88. The van der Waals surface area contributed by atoms with Crippen molar-refractivity contribution in [3.05, 3.63) is 134 Å². The smallest absolute Gasteiger partial charge is 0.299 e. The molecule has 0 N–H and O–H groups in total. The molecular formula is C26H21ClFeO+2. The number of Topliss-reactive ketones (excluding diaryl/α,β-unsaturated/α-hetero) is 1. The van der Waals surface area contributed by atoms with E-state index in [0.717, 1.165) is 10.9 Å². The third-order valence-corrected chi connectivity index (χ3v) is 5.52. The topological polar surface area (TPSA) is 17.1 Å². The fraction of sp³-hybridized carbons (Fsp3) is 0.115. The standard InChI is InChI=1S/C21H16ClO.C5H5.Fe/c22-17-12-10-15(11-13-17)19-18(14-6-2-1-3-7-14)20(19)21(23)16-8-4-5-9-16;1-2-4-5-3-1;/h1-13,18-20H;1-5H;/q;;+2. The van der Waals surface area contributed by atoms with E-state index in [4.69, 9.17) is 11.6 Å². The van der Waals surface area contributed by atoms with E-state index in [1.165, 1.54) is 11.1 Å². The van der Waals surface area contributed by atoms with Crippen LogP contribution in [0.4, 0.5) is 0 Å². The minimum atomic E-state index is 0. The first-order valence-electron chi connectivity index (χ1n) is 9.49. The fourth-order valence-corrected chi connectivity index (χ4v) is 4.00. The summed E-state index contributed by atoms with van der Waals surface area (Å²) in [5, 5.41) is 0.726. The van der Waals surface area contributed by atoms with Crippen molar-refractivity contribution in [1.82, 2.24) is 0 Å². The van der Waals surface area contributed by atoms with Gasteiger partial charge in [0.05, 0.1) is 0 Å². The Hall–Kier alpha value is -1.08. The summed E-state index contributed by atoms with van der Waals surface area (Å²) >= 11 is 6.00. The van der Waals surface area contributed by atoms with Crippen LogP contribution in [0.3, 0.4) is 0 Å².